The summed E-state index contributed by atoms with van der Waals surface area (Å²) in [7, 11) is 0. The van der Waals surface area contributed by atoms with Gasteiger partial charge < -0.3 is 45.6 Å². The number of aliphatic hydroxyl groups excluding tert-OH is 2. The number of hydrogen-bond donors (Lipinski definition) is 5. The number of nitrogens with one attached hydrogen (secondary N) is 3. The number of rotatable bonds is 11. The van der Waals surface area contributed by atoms with Crippen LogP contribution >= 0.6 is 0 Å². The smallest absolute Gasteiger partial charge is 0.320 e. The van der Waals surface area contributed by atoms with Gasteiger partial charge in [0.1, 0.15) is 41.9 Å². The second kappa shape index (κ2) is 16.5. The first-order valence-corrected chi connectivity index (χ1v) is 18.0. The van der Waals surface area contributed by atoms with Gasteiger partial charge in [0.15, 0.2) is 6.10 Å². The monoisotopic (exact) mass is 767 g/mol. The number of carbonyl (C=O) groups excluding carboxylic acids is 5. The Labute approximate surface area is 314 Å². The molecule has 3 unspecified atom stereocenters. The van der Waals surface area contributed by atoms with Crippen molar-refractivity contribution in [3.05, 3.63) is 66.5 Å². The van der Waals surface area contributed by atoms with Crippen molar-refractivity contribution in [1.82, 2.24) is 35.6 Å². The van der Waals surface area contributed by atoms with Gasteiger partial charge in [-0.15, -0.1) is 0 Å². The number of ether oxygens (including phenoxy) is 1. The van der Waals surface area contributed by atoms with Crippen LogP contribution in [0, 0.1) is 0 Å². The fourth-order valence-corrected chi connectivity index (χ4v) is 7.21. The van der Waals surface area contributed by atoms with Crippen molar-refractivity contribution in [3.8, 4) is 0 Å². The van der Waals surface area contributed by atoms with Crippen LogP contribution in [0.3, 0.4) is 0 Å². The first-order valence-electron chi connectivity index (χ1n) is 18.0. The van der Waals surface area contributed by atoms with E-state index >= 15 is 0 Å². The van der Waals surface area contributed by atoms with Crippen LogP contribution in [-0.2, 0) is 23.9 Å². The summed E-state index contributed by atoms with van der Waals surface area (Å²) in [6.07, 6.45) is 5.24. The van der Waals surface area contributed by atoms with E-state index in [1.54, 1.807) is 6.21 Å². The number of aliphatic hydroxyl groups is 2. The molecule has 55 heavy (non-hydrogen) atoms. The number of alkyl halides is 2. The first kappa shape index (κ1) is 39.3. The fraction of sp³-hybridized carbons (Fsp3) is 0.500. The molecule has 5 amide bonds. The number of allylic oxidation sites excluding steroid dienone is 1. The lowest BCUT2D eigenvalue weighted by Crippen LogP contribution is -2.57. The van der Waals surface area contributed by atoms with Gasteiger partial charge in [0.25, 0.3) is 5.91 Å². The van der Waals surface area contributed by atoms with E-state index in [2.05, 4.69) is 37.5 Å². The van der Waals surface area contributed by atoms with Crippen molar-refractivity contribution in [1.29, 1.82) is 0 Å². The quantitative estimate of drug-likeness (QED) is 0.202. The zero-order valence-electron chi connectivity index (χ0n) is 30.0. The molecule has 1 aromatic rings. The number of aromatic nitrogens is 1. The SMILES string of the molecule is C=C1N=C(NC(=O)[C@H]2CCCN2C(=O)[C@H](CC2=CCC=N2)NC(=O)[C@@H]2CCCN2C(=O)[C@@H](C)NC(=O)c2ccncc2)C=CN1C1OC(CO)C(O)C1(F)F. The van der Waals surface area contributed by atoms with E-state index in [1.165, 1.54) is 47.3 Å². The highest BCUT2D eigenvalue weighted by Gasteiger charge is 2.60. The van der Waals surface area contributed by atoms with Crippen molar-refractivity contribution >= 4 is 41.6 Å². The average Bonchev–Trinajstić information content (AvgIpc) is 4.00. The van der Waals surface area contributed by atoms with Gasteiger partial charge in [-0.1, -0.05) is 12.7 Å². The van der Waals surface area contributed by atoms with Crippen molar-refractivity contribution in [3.63, 3.8) is 0 Å². The Morgan fingerprint density at radius 1 is 1.04 bits per heavy atom. The molecule has 1 aromatic heterocycles. The molecule has 3 fully saturated rings. The maximum absolute atomic E-state index is 14.7. The molecule has 0 radical (unpaired) electrons. The normalized spacial score (nSPS) is 26.7. The number of aliphatic imine (C=N–C) groups is 2. The largest absolute Gasteiger partial charge is 0.394 e. The first-order chi connectivity index (χ1) is 26.3. The Kier molecular flexibility index (Phi) is 11.8. The predicted octanol–water partition coefficient (Wildman–Crippen LogP) is -0.0562. The molecule has 0 saturated carbocycles. The minimum absolute atomic E-state index is 0.0375. The van der Waals surface area contributed by atoms with Crippen LogP contribution in [0.4, 0.5) is 8.78 Å². The number of amides is 5. The molecular formula is C36H43F2N9O8. The standard InChI is InChI=1S/C36H43F2N9O8/c1-20(41-30(50)22-9-13-39-14-10-22)33(53)46-15-4-7-25(46)31(51)43-24(18-23-6-3-12-40-23)34(54)47-16-5-8-26(47)32(52)44-28-11-17-45(21(2)42-28)35-36(37,38)29(49)27(19-48)55-35/h6,9-14,17,20,24-27,29,35,48-49H,2-5,7-8,15-16,18-19H2,1H3,(H,41,50)(H,43,51)(H,42,44,52)/t20-,24+,25+,26-,27?,29?,35?/m1/s1. The molecular weight excluding hydrogens is 724 g/mol. The lowest BCUT2D eigenvalue weighted by molar-refractivity contribution is -0.148. The van der Waals surface area contributed by atoms with E-state index in [1.807, 2.05) is 6.08 Å². The summed E-state index contributed by atoms with van der Waals surface area (Å²) < 4.78 is 34.6. The van der Waals surface area contributed by atoms with Crippen molar-refractivity contribution in [2.45, 2.75) is 94.0 Å². The van der Waals surface area contributed by atoms with E-state index in [9.17, 15) is 43.0 Å². The van der Waals surface area contributed by atoms with Gasteiger partial charge in [0, 0.05) is 62.0 Å². The van der Waals surface area contributed by atoms with Gasteiger partial charge >= 0.3 is 5.92 Å². The summed E-state index contributed by atoms with van der Waals surface area (Å²) in [5, 5.41) is 27.3. The third-order valence-corrected chi connectivity index (χ3v) is 10.1. The van der Waals surface area contributed by atoms with E-state index < -0.39 is 84.7 Å². The van der Waals surface area contributed by atoms with Crippen LogP contribution in [-0.4, -0.2) is 140 Å². The second-order valence-electron chi connectivity index (χ2n) is 13.8. The summed E-state index contributed by atoms with van der Waals surface area (Å²) in [6, 6.07) is -0.915. The molecule has 5 aliphatic heterocycles. The molecule has 5 aliphatic rings. The maximum atomic E-state index is 14.7. The summed E-state index contributed by atoms with van der Waals surface area (Å²) >= 11 is 0. The highest BCUT2D eigenvalue weighted by molar-refractivity contribution is 6.07. The molecule has 5 N–H and O–H groups in total. The molecule has 17 nitrogen and oxygen atoms in total. The molecule has 6 rings (SSSR count). The lowest BCUT2D eigenvalue weighted by Gasteiger charge is -2.33. The Morgan fingerprint density at radius 2 is 1.71 bits per heavy atom. The van der Waals surface area contributed by atoms with Crippen molar-refractivity contribution in [2.24, 2.45) is 9.98 Å². The van der Waals surface area contributed by atoms with E-state index in [4.69, 9.17) is 4.74 Å². The van der Waals surface area contributed by atoms with Crippen LogP contribution in [0.2, 0.25) is 0 Å². The third-order valence-electron chi connectivity index (χ3n) is 10.1. The molecule has 6 heterocycles. The van der Waals surface area contributed by atoms with Gasteiger partial charge in [-0.05, 0) is 50.8 Å². The Morgan fingerprint density at radius 3 is 2.33 bits per heavy atom. The van der Waals surface area contributed by atoms with Gasteiger partial charge in [-0.25, -0.2) is 4.99 Å². The molecule has 7 atom stereocenters. The Bertz CT molecular complexity index is 1820. The predicted molar refractivity (Wildman–Crippen MR) is 191 cm³/mol. The number of pyridine rings is 1. The van der Waals surface area contributed by atoms with Crippen LogP contribution in [0.15, 0.2) is 71.0 Å². The molecule has 0 spiro atoms. The molecule has 3 saturated heterocycles. The molecule has 0 aliphatic carbocycles. The van der Waals surface area contributed by atoms with E-state index in [0.717, 1.165) is 11.1 Å². The number of likely N-dealkylation sites (tertiary alicyclic amines) is 2. The van der Waals surface area contributed by atoms with Gasteiger partial charge in [-0.3, -0.25) is 33.9 Å². The molecule has 294 valence electrons. The van der Waals surface area contributed by atoms with Crippen LogP contribution < -0.4 is 16.0 Å². The molecule has 0 aromatic carbocycles. The summed E-state index contributed by atoms with van der Waals surface area (Å²) in [5.74, 6) is -6.66. The summed E-state index contributed by atoms with van der Waals surface area (Å²) in [4.78, 5) is 83.7. The number of nitrogens with zero attached hydrogens (tertiary/aromatic N) is 6. The Hall–Kier alpha value is -5.40. The second-order valence-corrected chi connectivity index (χ2v) is 13.8. The van der Waals surface area contributed by atoms with Crippen LogP contribution in [0.5, 0.6) is 0 Å². The van der Waals surface area contributed by atoms with Crippen molar-refractivity contribution < 1.29 is 47.7 Å². The lowest BCUT2D eigenvalue weighted by atomic mass is 10.1. The zero-order chi connectivity index (χ0) is 39.4. The topological polar surface area (TPSA) is 218 Å². The average molecular weight is 768 g/mol. The number of amidine groups is 1. The van der Waals surface area contributed by atoms with Crippen molar-refractivity contribution in [2.75, 3.05) is 19.7 Å². The Balaban J connectivity index is 1.10. The number of halogens is 2. The summed E-state index contributed by atoms with van der Waals surface area (Å²) in [6.45, 7) is 4.86. The van der Waals surface area contributed by atoms with Gasteiger partial charge in [-0.2, -0.15) is 8.78 Å². The van der Waals surface area contributed by atoms with Gasteiger partial charge in [0.05, 0.1) is 6.61 Å². The molecule has 0 bridgehead atoms. The maximum Gasteiger partial charge on any atom is 0.320 e. The fourth-order valence-electron chi connectivity index (χ4n) is 7.21. The zero-order valence-corrected chi connectivity index (χ0v) is 30.0. The van der Waals surface area contributed by atoms with Gasteiger partial charge in [0.2, 0.25) is 29.9 Å². The van der Waals surface area contributed by atoms with E-state index in [0.29, 0.717) is 43.4 Å². The van der Waals surface area contributed by atoms with Crippen LogP contribution in [0.1, 0.15) is 55.8 Å². The molecule has 19 heteroatoms. The number of carbonyl (C=O) groups is 5. The highest BCUT2D eigenvalue weighted by Crippen LogP contribution is 2.40. The highest BCUT2D eigenvalue weighted by atomic mass is 19.3. The third kappa shape index (κ3) is 8.32. The number of hydrogen-bond acceptors (Lipinski definition) is 12. The van der Waals surface area contributed by atoms with E-state index in [-0.39, 0.29) is 31.2 Å². The minimum Gasteiger partial charge on any atom is -0.394 e. The van der Waals surface area contributed by atoms with Crippen LogP contribution in [0.25, 0.3) is 0 Å². The summed E-state index contributed by atoms with van der Waals surface area (Å²) in [5.41, 5.74) is 0.899. The minimum atomic E-state index is -3.77.